The number of amides is 1. The minimum atomic E-state index is -0.409. The molecule has 1 amide bonds. The van der Waals surface area contributed by atoms with Crippen LogP contribution in [0.1, 0.15) is 31.2 Å². The van der Waals surface area contributed by atoms with E-state index in [1.165, 1.54) is 17.7 Å². The van der Waals surface area contributed by atoms with Gasteiger partial charge in [0.1, 0.15) is 0 Å². The van der Waals surface area contributed by atoms with Crippen LogP contribution in [0.5, 0.6) is 0 Å². The third kappa shape index (κ3) is 4.19. The summed E-state index contributed by atoms with van der Waals surface area (Å²) < 4.78 is 0.954. The van der Waals surface area contributed by atoms with Crippen LogP contribution in [0.15, 0.2) is 64.7 Å². The van der Waals surface area contributed by atoms with E-state index in [-0.39, 0.29) is 23.4 Å². The number of anilines is 1. The van der Waals surface area contributed by atoms with E-state index >= 15 is 0 Å². The number of hydrogen-bond acceptors (Lipinski definition) is 3. The lowest BCUT2D eigenvalue weighted by Crippen LogP contribution is -2.30. The largest absolute Gasteiger partial charge is 0.326 e. The normalized spacial score (nSPS) is 19.5. The van der Waals surface area contributed by atoms with Crippen molar-refractivity contribution in [1.82, 2.24) is 0 Å². The summed E-state index contributed by atoms with van der Waals surface area (Å²) in [5.41, 5.74) is 3.01. The van der Waals surface area contributed by atoms with Gasteiger partial charge in [0.15, 0.2) is 0 Å². The lowest BCUT2D eigenvalue weighted by molar-refractivity contribution is -0.384. The zero-order valence-corrected chi connectivity index (χ0v) is 15.9. The maximum Gasteiger partial charge on any atom is 0.269 e. The van der Waals surface area contributed by atoms with Gasteiger partial charge < -0.3 is 5.32 Å². The number of carbonyl (C=O) groups excluding carboxylic acids is 1. The van der Waals surface area contributed by atoms with E-state index in [0.717, 1.165) is 22.1 Å². The molecule has 0 radical (unpaired) electrons. The molecule has 0 aromatic heterocycles. The fourth-order valence-electron chi connectivity index (χ4n) is 3.32. The molecule has 0 heterocycles. The molecule has 1 aliphatic carbocycles. The van der Waals surface area contributed by atoms with Crippen molar-refractivity contribution in [2.75, 3.05) is 5.32 Å². The summed E-state index contributed by atoms with van der Waals surface area (Å²) >= 11 is 3.38. The quantitative estimate of drug-likeness (QED) is 0.411. The van der Waals surface area contributed by atoms with E-state index < -0.39 is 4.92 Å². The number of rotatable bonds is 4. The Morgan fingerprint density at radius 1 is 1.15 bits per heavy atom. The highest BCUT2D eigenvalue weighted by molar-refractivity contribution is 9.10. The predicted octanol–water partition coefficient (Wildman–Crippen LogP) is 5.44. The van der Waals surface area contributed by atoms with Gasteiger partial charge in [-0.25, -0.2) is 0 Å². The molecule has 5 nitrogen and oxygen atoms in total. The monoisotopic (exact) mass is 414 g/mol. The zero-order valence-electron chi connectivity index (χ0n) is 14.3. The third-order valence-electron chi connectivity index (χ3n) is 4.73. The maximum atomic E-state index is 12.9. The second-order valence-electron chi connectivity index (χ2n) is 6.55. The van der Waals surface area contributed by atoms with Gasteiger partial charge in [-0.3, -0.25) is 14.9 Å². The van der Waals surface area contributed by atoms with Crippen LogP contribution in [0.3, 0.4) is 0 Å². The summed E-state index contributed by atoms with van der Waals surface area (Å²) in [5, 5.41) is 13.9. The third-order valence-corrected chi connectivity index (χ3v) is 5.26. The number of nitro groups is 1. The molecule has 2 atom stereocenters. The first-order chi connectivity index (χ1) is 12.4. The van der Waals surface area contributed by atoms with Crippen LogP contribution in [0.4, 0.5) is 11.4 Å². The average molecular weight is 415 g/mol. The van der Waals surface area contributed by atoms with Crippen molar-refractivity contribution in [2.24, 2.45) is 5.92 Å². The molecule has 134 valence electrons. The Kier molecular flexibility index (Phi) is 5.52. The molecule has 1 aliphatic rings. The molecule has 0 fully saturated rings. The van der Waals surface area contributed by atoms with Crippen molar-refractivity contribution in [3.8, 4) is 0 Å². The summed E-state index contributed by atoms with van der Waals surface area (Å²) in [5.74, 6) is -0.223. The van der Waals surface area contributed by atoms with Crippen molar-refractivity contribution in [3.05, 3.63) is 80.3 Å². The van der Waals surface area contributed by atoms with Crippen molar-refractivity contribution >= 4 is 33.2 Å². The molecule has 1 N–H and O–H groups in total. The SMILES string of the molecule is CC1=CCC(C(=O)Nc2ccc(Br)cc2)C(c2ccc([N+](=O)[O-])cc2)C1. The van der Waals surface area contributed by atoms with Crippen LogP contribution < -0.4 is 5.32 Å². The first kappa shape index (κ1) is 18.3. The van der Waals surface area contributed by atoms with Crippen LogP contribution in [0.2, 0.25) is 0 Å². The number of nitro benzene ring substituents is 1. The zero-order chi connectivity index (χ0) is 18.7. The van der Waals surface area contributed by atoms with Gasteiger partial charge in [0.25, 0.3) is 5.69 Å². The van der Waals surface area contributed by atoms with Crippen molar-refractivity contribution in [1.29, 1.82) is 0 Å². The lowest BCUT2D eigenvalue weighted by atomic mass is 9.75. The Morgan fingerprint density at radius 3 is 2.42 bits per heavy atom. The highest BCUT2D eigenvalue weighted by Gasteiger charge is 2.32. The maximum absolute atomic E-state index is 12.9. The topological polar surface area (TPSA) is 72.2 Å². The van der Waals surface area contributed by atoms with Gasteiger partial charge in [0.2, 0.25) is 5.91 Å². The lowest BCUT2D eigenvalue weighted by Gasteiger charge is -2.30. The van der Waals surface area contributed by atoms with Crippen LogP contribution in [-0.2, 0) is 4.79 Å². The number of nitrogens with zero attached hydrogens (tertiary/aromatic N) is 1. The van der Waals surface area contributed by atoms with E-state index in [9.17, 15) is 14.9 Å². The van der Waals surface area contributed by atoms with E-state index in [0.29, 0.717) is 6.42 Å². The molecule has 6 heteroatoms. The predicted molar refractivity (Wildman–Crippen MR) is 105 cm³/mol. The van der Waals surface area contributed by atoms with Crippen molar-refractivity contribution < 1.29 is 9.72 Å². The minimum Gasteiger partial charge on any atom is -0.326 e. The van der Waals surface area contributed by atoms with E-state index in [1.807, 2.05) is 24.3 Å². The highest BCUT2D eigenvalue weighted by Crippen LogP contribution is 2.38. The molecule has 0 spiro atoms. The number of benzene rings is 2. The van der Waals surface area contributed by atoms with Gasteiger partial charge in [-0.1, -0.05) is 39.7 Å². The van der Waals surface area contributed by atoms with Crippen LogP contribution >= 0.6 is 15.9 Å². The first-order valence-electron chi connectivity index (χ1n) is 8.40. The Balaban J connectivity index is 1.82. The Hall–Kier alpha value is -2.47. The van der Waals surface area contributed by atoms with Crippen LogP contribution in [0.25, 0.3) is 0 Å². The standard InChI is InChI=1S/C20H19BrN2O3/c1-13-2-11-18(20(24)22-16-7-5-15(21)6-8-16)19(12-13)14-3-9-17(10-4-14)23(25)26/h2-10,18-19H,11-12H2,1H3,(H,22,24). The number of non-ortho nitro benzene ring substituents is 1. The highest BCUT2D eigenvalue weighted by atomic mass is 79.9. The number of halogens is 1. The molecule has 2 aromatic carbocycles. The molecule has 2 aromatic rings. The molecular weight excluding hydrogens is 396 g/mol. The smallest absolute Gasteiger partial charge is 0.269 e. The summed E-state index contributed by atoms with van der Waals surface area (Å²) in [6.45, 7) is 2.06. The molecule has 0 saturated heterocycles. The fraction of sp³-hybridized carbons (Fsp3) is 0.250. The Labute approximate surface area is 160 Å². The van der Waals surface area contributed by atoms with Gasteiger partial charge in [-0.2, -0.15) is 0 Å². The molecule has 2 unspecified atom stereocenters. The summed E-state index contributed by atoms with van der Waals surface area (Å²) in [6.07, 6.45) is 3.54. The summed E-state index contributed by atoms with van der Waals surface area (Å²) in [4.78, 5) is 23.3. The van der Waals surface area contributed by atoms with Crippen molar-refractivity contribution in [2.45, 2.75) is 25.7 Å². The summed E-state index contributed by atoms with van der Waals surface area (Å²) in [6, 6.07) is 14.0. The van der Waals surface area contributed by atoms with Gasteiger partial charge in [-0.05, 0) is 55.5 Å². The van der Waals surface area contributed by atoms with Crippen LogP contribution in [0, 0.1) is 16.0 Å². The number of nitrogens with one attached hydrogen (secondary N) is 1. The van der Waals surface area contributed by atoms with Crippen LogP contribution in [-0.4, -0.2) is 10.8 Å². The molecular formula is C20H19BrN2O3. The van der Waals surface area contributed by atoms with Gasteiger partial charge in [0.05, 0.1) is 4.92 Å². The molecule has 0 aliphatic heterocycles. The van der Waals surface area contributed by atoms with E-state index in [4.69, 9.17) is 0 Å². The molecule has 0 bridgehead atoms. The minimum absolute atomic E-state index is 0.0104. The number of carbonyl (C=O) groups is 1. The molecule has 3 rings (SSSR count). The van der Waals surface area contributed by atoms with E-state index in [1.54, 1.807) is 12.1 Å². The second-order valence-corrected chi connectivity index (χ2v) is 7.46. The van der Waals surface area contributed by atoms with Crippen molar-refractivity contribution in [3.63, 3.8) is 0 Å². The molecule has 0 saturated carbocycles. The van der Waals surface area contributed by atoms with E-state index in [2.05, 4.69) is 34.2 Å². The number of hydrogen-bond donors (Lipinski definition) is 1. The van der Waals surface area contributed by atoms with Gasteiger partial charge in [-0.15, -0.1) is 0 Å². The van der Waals surface area contributed by atoms with Gasteiger partial charge in [0, 0.05) is 28.2 Å². The fourth-order valence-corrected chi connectivity index (χ4v) is 3.58. The second kappa shape index (κ2) is 7.83. The summed E-state index contributed by atoms with van der Waals surface area (Å²) in [7, 11) is 0. The Morgan fingerprint density at radius 2 is 1.81 bits per heavy atom. The van der Waals surface area contributed by atoms with Gasteiger partial charge >= 0.3 is 0 Å². The first-order valence-corrected chi connectivity index (χ1v) is 9.20. The number of allylic oxidation sites excluding steroid dienone is 2. The average Bonchev–Trinajstić information content (AvgIpc) is 2.63. The molecule has 26 heavy (non-hydrogen) atoms. The Bertz CT molecular complexity index is 844.